The predicted molar refractivity (Wildman–Crippen MR) is 74.0 cm³/mol. The van der Waals surface area contributed by atoms with Crippen LogP contribution < -0.4 is 5.32 Å². The first-order chi connectivity index (χ1) is 8.75. The highest BCUT2D eigenvalue weighted by Crippen LogP contribution is 2.40. The number of hydrogen-bond acceptors (Lipinski definition) is 5. The molecule has 0 bridgehead atoms. The molecule has 0 aromatic carbocycles. The smallest absolute Gasteiger partial charge is 0.403 e. The van der Waals surface area contributed by atoms with Gasteiger partial charge in [-0.2, -0.15) is 5.10 Å². The Morgan fingerprint density at radius 1 is 1.42 bits per heavy atom. The van der Waals surface area contributed by atoms with E-state index in [1.54, 1.807) is 12.1 Å². The zero-order valence-corrected chi connectivity index (χ0v) is 12.3. The van der Waals surface area contributed by atoms with E-state index >= 15 is 0 Å². The molecule has 0 aliphatic carbocycles. The molecular weight excluding hydrogens is 245 g/mol. The largest absolute Gasteiger partial charge is 0.468 e. The number of likely N-dealkylation sites (N-methyl/N-ethyl adjacent to an activating group) is 1. The Bertz CT molecular complexity index is 382. The van der Waals surface area contributed by atoms with Crippen LogP contribution in [0, 0.1) is 0 Å². The van der Waals surface area contributed by atoms with Crippen LogP contribution in [0.2, 0.25) is 5.82 Å². The molecule has 19 heavy (non-hydrogen) atoms. The third-order valence-electron chi connectivity index (χ3n) is 4.07. The van der Waals surface area contributed by atoms with Crippen LogP contribution in [0.3, 0.4) is 0 Å². The molecular formula is C12H22BN3O3. The fourth-order valence-electron chi connectivity index (χ4n) is 2.09. The summed E-state index contributed by atoms with van der Waals surface area (Å²) in [6.45, 7) is 9.03. The molecule has 2 aliphatic heterocycles. The third-order valence-corrected chi connectivity index (χ3v) is 4.07. The minimum absolute atomic E-state index is 0.0493. The van der Waals surface area contributed by atoms with Crippen molar-refractivity contribution in [1.82, 2.24) is 10.3 Å². The molecule has 1 fully saturated rings. The summed E-state index contributed by atoms with van der Waals surface area (Å²) >= 11 is 0. The molecule has 7 heteroatoms. The summed E-state index contributed by atoms with van der Waals surface area (Å²) in [5.41, 5.74) is -0.667. The summed E-state index contributed by atoms with van der Waals surface area (Å²) in [6, 6.07) is 0. The number of amides is 1. The van der Waals surface area contributed by atoms with E-state index in [1.165, 1.54) is 0 Å². The van der Waals surface area contributed by atoms with Crippen LogP contribution in [0.4, 0.5) is 0 Å². The Hall–Kier alpha value is -1.08. The first-order valence-corrected chi connectivity index (χ1v) is 6.60. The first-order valence-electron chi connectivity index (χ1n) is 6.60. The van der Waals surface area contributed by atoms with Crippen molar-refractivity contribution >= 4 is 19.2 Å². The maximum Gasteiger partial charge on any atom is 0.468 e. The second-order valence-electron chi connectivity index (χ2n) is 6.07. The number of hydrogen-bond donors (Lipinski definition) is 1. The fraction of sp³-hybridized carbons (Fsp3) is 0.833. The SMILES string of the molecule is CNC(=O)CN1CC(B2OC(C)(C)C(C)(C)O2)C=N1. The standard InChI is InChI=1S/C12H22BN3O3/c1-11(2)12(3,4)19-13(18-11)9-6-15-16(7-9)8-10(17)14-5/h6,9H,7-8H2,1-5H3,(H,14,17). The summed E-state index contributed by atoms with van der Waals surface area (Å²) in [5.74, 6) is 0.0115. The zero-order valence-electron chi connectivity index (χ0n) is 12.3. The number of hydrazone groups is 1. The molecule has 1 N–H and O–H groups in total. The van der Waals surface area contributed by atoms with Crippen molar-refractivity contribution in [1.29, 1.82) is 0 Å². The van der Waals surface area contributed by atoms with Crippen LogP contribution >= 0.6 is 0 Å². The van der Waals surface area contributed by atoms with Gasteiger partial charge in [-0.15, -0.1) is 0 Å². The highest BCUT2D eigenvalue weighted by atomic mass is 16.7. The molecule has 1 amide bonds. The molecule has 0 aromatic heterocycles. The van der Waals surface area contributed by atoms with Crippen LogP contribution in [-0.4, -0.2) is 55.6 Å². The molecule has 2 rings (SSSR count). The van der Waals surface area contributed by atoms with Crippen molar-refractivity contribution in [2.75, 3.05) is 20.1 Å². The number of carbonyl (C=O) groups excluding carboxylic acids is 1. The minimum atomic E-state index is -0.334. The molecule has 2 heterocycles. The van der Waals surface area contributed by atoms with Crippen molar-refractivity contribution in [3.63, 3.8) is 0 Å². The van der Waals surface area contributed by atoms with E-state index in [-0.39, 0.29) is 36.6 Å². The van der Waals surface area contributed by atoms with Gasteiger partial charge in [-0.25, -0.2) is 0 Å². The van der Waals surface area contributed by atoms with Crippen LogP contribution in [0.1, 0.15) is 27.7 Å². The van der Waals surface area contributed by atoms with Gasteiger partial charge < -0.3 is 14.6 Å². The lowest BCUT2D eigenvalue weighted by Crippen LogP contribution is -2.41. The molecule has 1 unspecified atom stereocenters. The lowest BCUT2D eigenvalue weighted by molar-refractivity contribution is -0.121. The third kappa shape index (κ3) is 2.77. The van der Waals surface area contributed by atoms with E-state index in [0.717, 1.165) is 0 Å². The molecule has 1 saturated heterocycles. The average Bonchev–Trinajstić information content (AvgIpc) is 2.82. The average molecular weight is 267 g/mol. The Morgan fingerprint density at radius 3 is 2.53 bits per heavy atom. The normalized spacial score (nSPS) is 27.9. The zero-order chi connectivity index (χ0) is 14.3. The second kappa shape index (κ2) is 4.79. The van der Waals surface area contributed by atoms with Crippen LogP contribution in [0.5, 0.6) is 0 Å². The van der Waals surface area contributed by atoms with Gasteiger partial charge in [0.2, 0.25) is 5.91 Å². The van der Waals surface area contributed by atoms with Crippen LogP contribution in [-0.2, 0) is 14.1 Å². The Kier molecular flexibility index (Phi) is 3.62. The fourth-order valence-corrected chi connectivity index (χ4v) is 2.09. The molecule has 0 spiro atoms. The monoisotopic (exact) mass is 267 g/mol. The minimum Gasteiger partial charge on any atom is -0.403 e. The van der Waals surface area contributed by atoms with Crippen molar-refractivity contribution in [3.8, 4) is 0 Å². The van der Waals surface area contributed by atoms with Gasteiger partial charge in [0.05, 0.1) is 17.0 Å². The van der Waals surface area contributed by atoms with Crippen molar-refractivity contribution in [2.45, 2.75) is 44.7 Å². The summed E-state index contributed by atoms with van der Waals surface area (Å²) in [4.78, 5) is 11.3. The Labute approximate surface area is 114 Å². The Balaban J connectivity index is 1.93. The van der Waals surface area contributed by atoms with E-state index in [0.29, 0.717) is 6.54 Å². The van der Waals surface area contributed by atoms with Gasteiger partial charge in [-0.05, 0) is 27.7 Å². The van der Waals surface area contributed by atoms with E-state index in [4.69, 9.17) is 9.31 Å². The quantitative estimate of drug-likeness (QED) is 0.756. The number of rotatable bonds is 3. The molecule has 1 atom stereocenters. The van der Waals surface area contributed by atoms with E-state index in [2.05, 4.69) is 10.4 Å². The van der Waals surface area contributed by atoms with E-state index in [1.807, 2.05) is 33.9 Å². The van der Waals surface area contributed by atoms with Gasteiger partial charge >= 0.3 is 7.12 Å². The molecule has 0 radical (unpaired) electrons. The van der Waals surface area contributed by atoms with Crippen molar-refractivity contribution < 1.29 is 14.1 Å². The predicted octanol–water partition coefficient (Wildman–Crippen LogP) is 0.496. The number of nitrogens with zero attached hydrogens (tertiary/aromatic N) is 2. The summed E-state index contributed by atoms with van der Waals surface area (Å²) in [5, 5.41) is 8.55. The van der Waals surface area contributed by atoms with Gasteiger partial charge in [0.25, 0.3) is 0 Å². The summed E-state index contributed by atoms with van der Waals surface area (Å²) in [6.07, 6.45) is 1.81. The van der Waals surface area contributed by atoms with Gasteiger partial charge in [-0.3, -0.25) is 9.80 Å². The molecule has 2 aliphatic rings. The van der Waals surface area contributed by atoms with E-state index in [9.17, 15) is 4.79 Å². The number of carbonyl (C=O) groups is 1. The molecule has 0 aromatic rings. The van der Waals surface area contributed by atoms with E-state index < -0.39 is 0 Å². The maximum absolute atomic E-state index is 11.3. The molecule has 106 valence electrons. The second-order valence-corrected chi connectivity index (χ2v) is 6.07. The topological polar surface area (TPSA) is 63.2 Å². The lowest BCUT2D eigenvalue weighted by atomic mass is 9.73. The van der Waals surface area contributed by atoms with Gasteiger partial charge in [0.15, 0.2) is 0 Å². The first kappa shape index (κ1) is 14.3. The number of nitrogens with one attached hydrogen (secondary N) is 1. The van der Waals surface area contributed by atoms with Gasteiger partial charge in [0, 0.05) is 19.8 Å². The highest BCUT2D eigenvalue weighted by Gasteiger charge is 2.54. The van der Waals surface area contributed by atoms with Gasteiger partial charge in [-0.1, -0.05) is 0 Å². The molecule has 0 saturated carbocycles. The maximum atomic E-state index is 11.3. The lowest BCUT2D eigenvalue weighted by Gasteiger charge is -2.32. The van der Waals surface area contributed by atoms with Crippen molar-refractivity contribution in [3.05, 3.63) is 0 Å². The Morgan fingerprint density at radius 2 is 2.00 bits per heavy atom. The highest BCUT2D eigenvalue weighted by molar-refractivity contribution is 6.52. The summed E-state index contributed by atoms with van der Waals surface area (Å²) in [7, 11) is 1.32. The van der Waals surface area contributed by atoms with Crippen molar-refractivity contribution in [2.24, 2.45) is 5.10 Å². The molecule has 6 nitrogen and oxygen atoms in total. The van der Waals surface area contributed by atoms with Crippen LogP contribution in [0.15, 0.2) is 5.10 Å². The van der Waals surface area contributed by atoms with Gasteiger partial charge in [0.1, 0.15) is 6.54 Å². The van der Waals surface area contributed by atoms with Crippen LogP contribution in [0.25, 0.3) is 0 Å². The summed E-state index contributed by atoms with van der Waals surface area (Å²) < 4.78 is 12.0.